The third-order valence-electron chi connectivity index (χ3n) is 3.88. The van der Waals surface area contributed by atoms with E-state index in [0.717, 1.165) is 37.9 Å². The second kappa shape index (κ2) is 4.03. The first kappa shape index (κ1) is 10.8. The van der Waals surface area contributed by atoms with Crippen molar-refractivity contribution in [3.8, 4) is 0 Å². The van der Waals surface area contributed by atoms with Gasteiger partial charge in [0.05, 0.1) is 11.1 Å². The molecule has 2 nitrogen and oxygen atoms in total. The molecule has 1 aliphatic carbocycles. The summed E-state index contributed by atoms with van der Waals surface area (Å²) in [7, 11) is 0. The standard InChI is InChI=1S/C11H21NOS/c12-10(5-4-8-14-9-10)11(13)6-2-1-3-7-11/h13H,1-9,12H2. The Morgan fingerprint density at radius 3 is 2.29 bits per heavy atom. The van der Waals surface area contributed by atoms with Gasteiger partial charge in [-0.15, -0.1) is 0 Å². The van der Waals surface area contributed by atoms with Gasteiger partial charge >= 0.3 is 0 Å². The van der Waals surface area contributed by atoms with Crippen molar-refractivity contribution >= 4 is 11.8 Å². The van der Waals surface area contributed by atoms with Crippen LogP contribution in [0.2, 0.25) is 0 Å². The summed E-state index contributed by atoms with van der Waals surface area (Å²) in [4.78, 5) is 0. The van der Waals surface area contributed by atoms with E-state index in [1.54, 1.807) is 0 Å². The van der Waals surface area contributed by atoms with Gasteiger partial charge in [0.1, 0.15) is 0 Å². The molecular formula is C11H21NOS. The second-order valence-electron chi connectivity index (χ2n) is 4.90. The Labute approximate surface area is 90.6 Å². The molecule has 2 aliphatic rings. The minimum absolute atomic E-state index is 0.295. The molecule has 3 heteroatoms. The Bertz CT molecular complexity index is 173. The van der Waals surface area contributed by atoms with Crippen molar-refractivity contribution in [1.82, 2.24) is 0 Å². The van der Waals surface area contributed by atoms with Gasteiger partial charge in [-0.05, 0) is 31.4 Å². The summed E-state index contributed by atoms with van der Waals surface area (Å²) < 4.78 is 0. The zero-order valence-corrected chi connectivity index (χ0v) is 9.61. The van der Waals surface area contributed by atoms with Crippen LogP contribution in [0, 0.1) is 0 Å². The van der Waals surface area contributed by atoms with E-state index in [-0.39, 0.29) is 5.54 Å². The summed E-state index contributed by atoms with van der Waals surface area (Å²) in [6, 6.07) is 0. The maximum Gasteiger partial charge on any atom is 0.0834 e. The fraction of sp³-hybridized carbons (Fsp3) is 1.00. The zero-order valence-electron chi connectivity index (χ0n) is 8.80. The fourth-order valence-corrected chi connectivity index (χ4v) is 4.09. The van der Waals surface area contributed by atoms with Crippen LogP contribution in [-0.4, -0.2) is 27.8 Å². The van der Waals surface area contributed by atoms with Crippen molar-refractivity contribution in [1.29, 1.82) is 0 Å². The molecule has 2 rings (SSSR count). The van der Waals surface area contributed by atoms with E-state index in [4.69, 9.17) is 5.73 Å². The SMILES string of the molecule is NC1(C2(O)CCCCC2)CCCSC1. The van der Waals surface area contributed by atoms with Crippen LogP contribution in [0.25, 0.3) is 0 Å². The van der Waals surface area contributed by atoms with Crippen LogP contribution < -0.4 is 5.73 Å². The Morgan fingerprint density at radius 1 is 1.00 bits per heavy atom. The maximum atomic E-state index is 10.6. The predicted octanol–water partition coefficient (Wildman–Crippen LogP) is 1.91. The van der Waals surface area contributed by atoms with Crippen LogP contribution in [0.1, 0.15) is 44.9 Å². The van der Waals surface area contributed by atoms with Crippen molar-refractivity contribution in [2.45, 2.75) is 56.1 Å². The molecule has 1 atom stereocenters. The van der Waals surface area contributed by atoms with Gasteiger partial charge in [0.25, 0.3) is 0 Å². The Balaban J connectivity index is 2.09. The van der Waals surface area contributed by atoms with Gasteiger partial charge in [-0.1, -0.05) is 19.3 Å². The summed E-state index contributed by atoms with van der Waals surface area (Å²) in [5.41, 5.74) is 5.55. The van der Waals surface area contributed by atoms with Gasteiger partial charge in [-0.3, -0.25) is 0 Å². The molecule has 2 fully saturated rings. The van der Waals surface area contributed by atoms with E-state index in [2.05, 4.69) is 0 Å². The number of thioether (sulfide) groups is 1. The largest absolute Gasteiger partial charge is 0.388 e. The van der Waals surface area contributed by atoms with E-state index in [1.807, 2.05) is 11.8 Å². The molecule has 0 aromatic rings. The topological polar surface area (TPSA) is 46.2 Å². The Morgan fingerprint density at radius 2 is 1.71 bits per heavy atom. The average Bonchev–Trinajstić information content (AvgIpc) is 2.20. The minimum atomic E-state index is -0.557. The van der Waals surface area contributed by atoms with Crippen LogP contribution in [-0.2, 0) is 0 Å². The second-order valence-corrected chi connectivity index (χ2v) is 6.01. The lowest BCUT2D eigenvalue weighted by atomic mass is 9.70. The highest BCUT2D eigenvalue weighted by Gasteiger charge is 2.48. The van der Waals surface area contributed by atoms with Gasteiger partial charge in [-0.25, -0.2) is 0 Å². The Kier molecular flexibility index (Phi) is 3.10. The van der Waals surface area contributed by atoms with E-state index in [1.165, 1.54) is 18.6 Å². The van der Waals surface area contributed by atoms with Crippen molar-refractivity contribution in [3.05, 3.63) is 0 Å². The lowest BCUT2D eigenvalue weighted by Gasteiger charge is -2.48. The molecule has 1 aliphatic heterocycles. The number of aliphatic hydroxyl groups is 1. The van der Waals surface area contributed by atoms with Crippen molar-refractivity contribution < 1.29 is 5.11 Å². The molecule has 0 aromatic carbocycles. The molecule has 14 heavy (non-hydrogen) atoms. The van der Waals surface area contributed by atoms with E-state index in [0.29, 0.717) is 0 Å². The monoisotopic (exact) mass is 215 g/mol. The number of rotatable bonds is 1. The normalized spacial score (nSPS) is 38.1. The van der Waals surface area contributed by atoms with Crippen LogP contribution in [0.3, 0.4) is 0 Å². The highest BCUT2D eigenvalue weighted by atomic mass is 32.2. The molecule has 1 unspecified atom stereocenters. The van der Waals surface area contributed by atoms with Gasteiger partial charge in [0.15, 0.2) is 0 Å². The molecule has 1 saturated carbocycles. The predicted molar refractivity (Wildman–Crippen MR) is 61.5 cm³/mol. The lowest BCUT2D eigenvalue weighted by Crippen LogP contribution is -2.64. The van der Waals surface area contributed by atoms with E-state index >= 15 is 0 Å². The fourth-order valence-electron chi connectivity index (χ4n) is 2.82. The molecular weight excluding hydrogens is 194 g/mol. The molecule has 0 spiro atoms. The van der Waals surface area contributed by atoms with Crippen LogP contribution in [0.15, 0.2) is 0 Å². The zero-order chi connectivity index (χ0) is 10.1. The van der Waals surface area contributed by atoms with Crippen molar-refractivity contribution in [2.24, 2.45) is 5.73 Å². The molecule has 0 radical (unpaired) electrons. The molecule has 82 valence electrons. The van der Waals surface area contributed by atoms with Crippen LogP contribution in [0.5, 0.6) is 0 Å². The minimum Gasteiger partial charge on any atom is -0.388 e. The van der Waals surface area contributed by atoms with E-state index in [9.17, 15) is 5.11 Å². The highest BCUT2D eigenvalue weighted by Crippen LogP contribution is 2.41. The third-order valence-corrected chi connectivity index (χ3v) is 5.18. The first-order valence-electron chi connectivity index (χ1n) is 5.75. The number of hydrogen-bond donors (Lipinski definition) is 2. The molecule has 0 aromatic heterocycles. The van der Waals surface area contributed by atoms with E-state index < -0.39 is 5.60 Å². The first-order valence-corrected chi connectivity index (χ1v) is 6.91. The molecule has 1 heterocycles. The Hall–Kier alpha value is 0.270. The van der Waals surface area contributed by atoms with Crippen LogP contribution in [0.4, 0.5) is 0 Å². The van der Waals surface area contributed by atoms with Crippen molar-refractivity contribution in [3.63, 3.8) is 0 Å². The molecule has 3 N–H and O–H groups in total. The lowest BCUT2D eigenvalue weighted by molar-refractivity contribution is -0.0600. The molecule has 1 saturated heterocycles. The highest BCUT2D eigenvalue weighted by molar-refractivity contribution is 7.99. The molecule has 0 bridgehead atoms. The summed E-state index contributed by atoms with van der Waals surface area (Å²) in [5.74, 6) is 2.17. The first-order chi connectivity index (χ1) is 6.66. The molecule has 0 amide bonds. The third kappa shape index (κ3) is 1.82. The van der Waals surface area contributed by atoms with Gasteiger partial charge in [-0.2, -0.15) is 11.8 Å². The number of hydrogen-bond acceptors (Lipinski definition) is 3. The summed E-state index contributed by atoms with van der Waals surface area (Å²) >= 11 is 1.91. The van der Waals surface area contributed by atoms with Crippen molar-refractivity contribution in [2.75, 3.05) is 11.5 Å². The smallest absolute Gasteiger partial charge is 0.0834 e. The average molecular weight is 215 g/mol. The maximum absolute atomic E-state index is 10.6. The van der Waals surface area contributed by atoms with Gasteiger partial charge < -0.3 is 10.8 Å². The number of nitrogens with two attached hydrogens (primary N) is 1. The van der Waals surface area contributed by atoms with Gasteiger partial charge in [0.2, 0.25) is 0 Å². The van der Waals surface area contributed by atoms with Gasteiger partial charge in [0, 0.05) is 5.75 Å². The summed E-state index contributed by atoms with van der Waals surface area (Å²) in [6.07, 6.45) is 7.60. The summed E-state index contributed by atoms with van der Waals surface area (Å²) in [5, 5.41) is 10.6. The quantitative estimate of drug-likeness (QED) is 0.702. The summed E-state index contributed by atoms with van der Waals surface area (Å²) in [6.45, 7) is 0. The van der Waals surface area contributed by atoms with Crippen LogP contribution >= 0.6 is 11.8 Å².